The highest BCUT2D eigenvalue weighted by Gasteiger charge is 2.27. The van der Waals surface area contributed by atoms with Crippen molar-refractivity contribution in [1.29, 1.82) is 0 Å². The molecule has 1 heterocycles. The van der Waals surface area contributed by atoms with Crippen molar-refractivity contribution >= 4 is 0 Å². The fraction of sp³-hybridized carbons (Fsp3) is 1.00. The van der Waals surface area contributed by atoms with Gasteiger partial charge in [0.1, 0.15) is 0 Å². The Morgan fingerprint density at radius 3 is 1.79 bits per heavy atom. The van der Waals surface area contributed by atoms with Gasteiger partial charge >= 0.3 is 0 Å². The van der Waals surface area contributed by atoms with E-state index in [1.165, 1.54) is 51.4 Å². The van der Waals surface area contributed by atoms with Crippen LogP contribution in [0, 0.1) is 0 Å². The summed E-state index contributed by atoms with van der Waals surface area (Å²) in [5.41, 5.74) is 0. The van der Waals surface area contributed by atoms with Crippen molar-refractivity contribution in [2.45, 2.75) is 97.3 Å². The van der Waals surface area contributed by atoms with Gasteiger partial charge in [-0.05, 0) is 26.7 Å². The first-order valence-corrected chi connectivity index (χ1v) is 8.56. The normalized spacial score (nSPS) is 25.1. The van der Waals surface area contributed by atoms with Crippen LogP contribution in [0.5, 0.6) is 0 Å². The lowest BCUT2D eigenvalue weighted by Gasteiger charge is -2.40. The summed E-state index contributed by atoms with van der Waals surface area (Å²) in [6, 6.07) is 0.798. The van der Waals surface area contributed by atoms with Gasteiger partial charge in [-0.3, -0.25) is 4.90 Å². The first-order valence-electron chi connectivity index (χ1n) is 8.56. The Morgan fingerprint density at radius 2 is 1.37 bits per heavy atom. The van der Waals surface area contributed by atoms with Crippen LogP contribution in [0.4, 0.5) is 0 Å². The SMILES string of the molecule is CCCCCC(CCCCC)N1C[C@H](C)O[C@@H](C)C1. The molecule has 0 amide bonds. The van der Waals surface area contributed by atoms with Gasteiger partial charge in [-0.25, -0.2) is 0 Å². The summed E-state index contributed by atoms with van der Waals surface area (Å²) in [5.74, 6) is 0. The second-order valence-corrected chi connectivity index (χ2v) is 6.36. The van der Waals surface area contributed by atoms with Gasteiger partial charge in [-0.15, -0.1) is 0 Å². The molecule has 0 N–H and O–H groups in total. The molecular weight excluding hydrogens is 234 g/mol. The standard InChI is InChI=1S/C17H35NO/c1-5-7-9-11-17(12-10-8-6-2)18-13-15(3)19-16(4)14-18/h15-17H,5-14H2,1-4H3/t15-,16-/m0/s1. The quantitative estimate of drug-likeness (QED) is 0.566. The zero-order chi connectivity index (χ0) is 14.1. The first kappa shape index (κ1) is 17.0. The second-order valence-electron chi connectivity index (χ2n) is 6.36. The van der Waals surface area contributed by atoms with Gasteiger partial charge in [0.2, 0.25) is 0 Å². The fourth-order valence-corrected chi connectivity index (χ4v) is 3.29. The Bertz CT molecular complexity index is 199. The fourth-order valence-electron chi connectivity index (χ4n) is 3.29. The van der Waals surface area contributed by atoms with Crippen LogP contribution in [-0.4, -0.2) is 36.2 Å². The average molecular weight is 269 g/mol. The molecule has 0 aromatic carbocycles. The highest BCUT2D eigenvalue weighted by molar-refractivity contribution is 4.80. The number of morpholine rings is 1. The van der Waals surface area contributed by atoms with Crippen LogP contribution in [0.25, 0.3) is 0 Å². The minimum atomic E-state index is 0.406. The van der Waals surface area contributed by atoms with Crippen molar-refractivity contribution in [3.8, 4) is 0 Å². The van der Waals surface area contributed by atoms with Crippen LogP contribution >= 0.6 is 0 Å². The zero-order valence-corrected chi connectivity index (χ0v) is 13.7. The van der Waals surface area contributed by atoms with E-state index < -0.39 is 0 Å². The van der Waals surface area contributed by atoms with Crippen molar-refractivity contribution in [3.05, 3.63) is 0 Å². The molecule has 2 nitrogen and oxygen atoms in total. The van der Waals surface area contributed by atoms with E-state index in [9.17, 15) is 0 Å². The van der Waals surface area contributed by atoms with E-state index in [2.05, 4.69) is 32.6 Å². The molecule has 0 spiro atoms. The molecule has 2 atom stereocenters. The molecule has 0 aromatic rings. The van der Waals surface area contributed by atoms with Crippen LogP contribution in [0.1, 0.15) is 79.1 Å². The van der Waals surface area contributed by atoms with Crippen molar-refractivity contribution in [2.75, 3.05) is 13.1 Å². The maximum absolute atomic E-state index is 5.88. The molecule has 19 heavy (non-hydrogen) atoms. The Hall–Kier alpha value is -0.0800. The predicted molar refractivity (Wildman–Crippen MR) is 83.7 cm³/mol. The monoisotopic (exact) mass is 269 g/mol. The predicted octanol–water partition coefficient (Wildman–Crippen LogP) is 4.62. The molecule has 0 bridgehead atoms. The molecule has 0 aromatic heterocycles. The summed E-state index contributed by atoms with van der Waals surface area (Å²) in [5, 5.41) is 0. The Labute approximate surface area is 120 Å². The van der Waals surface area contributed by atoms with Crippen LogP contribution < -0.4 is 0 Å². The lowest BCUT2D eigenvalue weighted by Crippen LogP contribution is -2.50. The zero-order valence-electron chi connectivity index (χ0n) is 13.7. The maximum atomic E-state index is 5.88. The Balaban J connectivity index is 2.44. The number of unbranched alkanes of at least 4 members (excludes halogenated alkanes) is 4. The largest absolute Gasteiger partial charge is 0.373 e. The molecule has 1 fully saturated rings. The van der Waals surface area contributed by atoms with Gasteiger partial charge in [0.05, 0.1) is 12.2 Å². The number of ether oxygens (including phenoxy) is 1. The third-order valence-corrected chi connectivity index (χ3v) is 4.25. The first-order chi connectivity index (χ1) is 9.17. The number of nitrogens with zero attached hydrogens (tertiary/aromatic N) is 1. The van der Waals surface area contributed by atoms with Gasteiger partial charge < -0.3 is 4.74 Å². The van der Waals surface area contributed by atoms with Crippen molar-refractivity contribution in [2.24, 2.45) is 0 Å². The van der Waals surface area contributed by atoms with Gasteiger partial charge in [0.25, 0.3) is 0 Å². The van der Waals surface area contributed by atoms with E-state index in [0.29, 0.717) is 12.2 Å². The van der Waals surface area contributed by atoms with Crippen LogP contribution in [0.2, 0.25) is 0 Å². The molecule has 1 aliphatic rings. The van der Waals surface area contributed by atoms with Gasteiger partial charge in [-0.2, -0.15) is 0 Å². The summed E-state index contributed by atoms with van der Waals surface area (Å²) in [6.45, 7) is 11.3. The number of hydrogen-bond donors (Lipinski definition) is 0. The van der Waals surface area contributed by atoms with Crippen LogP contribution in [-0.2, 0) is 4.74 Å². The third kappa shape index (κ3) is 6.76. The van der Waals surface area contributed by atoms with Crippen molar-refractivity contribution in [3.63, 3.8) is 0 Å². The summed E-state index contributed by atoms with van der Waals surface area (Å²) in [6.07, 6.45) is 11.8. The minimum Gasteiger partial charge on any atom is -0.373 e. The number of rotatable bonds is 9. The maximum Gasteiger partial charge on any atom is 0.0678 e. The number of hydrogen-bond acceptors (Lipinski definition) is 2. The third-order valence-electron chi connectivity index (χ3n) is 4.25. The molecule has 1 rings (SSSR count). The summed E-state index contributed by atoms with van der Waals surface area (Å²) >= 11 is 0. The smallest absolute Gasteiger partial charge is 0.0678 e. The van der Waals surface area contributed by atoms with Crippen molar-refractivity contribution < 1.29 is 4.74 Å². The molecular formula is C17H35NO. The van der Waals surface area contributed by atoms with Crippen molar-refractivity contribution in [1.82, 2.24) is 4.90 Å². The van der Waals surface area contributed by atoms with E-state index in [4.69, 9.17) is 4.74 Å². The molecule has 1 saturated heterocycles. The minimum absolute atomic E-state index is 0.406. The van der Waals surface area contributed by atoms with Gasteiger partial charge in [0, 0.05) is 19.1 Å². The summed E-state index contributed by atoms with van der Waals surface area (Å²) < 4.78 is 5.88. The highest BCUT2D eigenvalue weighted by atomic mass is 16.5. The van der Waals surface area contributed by atoms with E-state index >= 15 is 0 Å². The molecule has 0 unspecified atom stereocenters. The van der Waals surface area contributed by atoms with E-state index in [-0.39, 0.29) is 0 Å². The van der Waals surface area contributed by atoms with E-state index in [1.807, 2.05) is 0 Å². The van der Waals surface area contributed by atoms with Gasteiger partial charge in [-0.1, -0.05) is 52.4 Å². The molecule has 2 heteroatoms. The molecule has 0 radical (unpaired) electrons. The highest BCUT2D eigenvalue weighted by Crippen LogP contribution is 2.21. The molecule has 1 aliphatic heterocycles. The van der Waals surface area contributed by atoms with E-state index in [1.54, 1.807) is 0 Å². The average Bonchev–Trinajstić information content (AvgIpc) is 2.36. The van der Waals surface area contributed by atoms with E-state index in [0.717, 1.165) is 19.1 Å². The summed E-state index contributed by atoms with van der Waals surface area (Å²) in [4.78, 5) is 2.71. The lowest BCUT2D eigenvalue weighted by molar-refractivity contribution is -0.0824. The summed E-state index contributed by atoms with van der Waals surface area (Å²) in [7, 11) is 0. The molecule has 0 aliphatic carbocycles. The second kappa shape index (κ2) is 9.77. The van der Waals surface area contributed by atoms with Crippen LogP contribution in [0.15, 0.2) is 0 Å². The van der Waals surface area contributed by atoms with Gasteiger partial charge in [0.15, 0.2) is 0 Å². The molecule has 0 saturated carbocycles. The lowest BCUT2D eigenvalue weighted by atomic mass is 9.99. The Morgan fingerprint density at radius 1 is 0.895 bits per heavy atom. The molecule has 114 valence electrons. The topological polar surface area (TPSA) is 12.5 Å². The Kier molecular flexibility index (Phi) is 8.72. The van der Waals surface area contributed by atoms with Crippen LogP contribution in [0.3, 0.4) is 0 Å².